The summed E-state index contributed by atoms with van der Waals surface area (Å²) in [7, 11) is 1.30. The second-order valence-electron chi connectivity index (χ2n) is 3.95. The van der Waals surface area contributed by atoms with Gasteiger partial charge in [0.25, 0.3) is 0 Å². The van der Waals surface area contributed by atoms with Gasteiger partial charge < -0.3 is 15.8 Å². The van der Waals surface area contributed by atoms with Crippen LogP contribution in [0.4, 0.5) is 0 Å². The molecule has 2 unspecified atom stereocenters. The first-order chi connectivity index (χ1) is 7.06. The van der Waals surface area contributed by atoms with Gasteiger partial charge in [-0.25, -0.2) is 4.79 Å². The summed E-state index contributed by atoms with van der Waals surface area (Å²) in [4.78, 5) is 22.8. The number of nitrogens with two attached hydrogens (primary N) is 1. The van der Waals surface area contributed by atoms with Gasteiger partial charge in [0.1, 0.15) is 6.04 Å². The highest BCUT2D eigenvalue weighted by Gasteiger charge is 2.31. The summed E-state index contributed by atoms with van der Waals surface area (Å²) in [5, 5.41) is 2.61. The molecule has 0 aromatic rings. The minimum Gasteiger partial charge on any atom is -0.467 e. The molecule has 1 aliphatic carbocycles. The molecule has 0 saturated heterocycles. The second kappa shape index (κ2) is 5.11. The van der Waals surface area contributed by atoms with Crippen molar-refractivity contribution in [2.24, 2.45) is 11.7 Å². The first-order valence-electron chi connectivity index (χ1n) is 5.20. The molecule has 5 heteroatoms. The zero-order valence-electron chi connectivity index (χ0n) is 9.16. The molecule has 86 valence electrons. The molecule has 3 N–H and O–H groups in total. The zero-order chi connectivity index (χ0) is 11.4. The molecule has 1 fully saturated rings. The molecule has 1 aliphatic rings. The zero-order valence-corrected chi connectivity index (χ0v) is 9.16. The quantitative estimate of drug-likeness (QED) is 0.637. The van der Waals surface area contributed by atoms with E-state index in [-0.39, 0.29) is 17.9 Å². The van der Waals surface area contributed by atoms with Crippen molar-refractivity contribution in [1.82, 2.24) is 5.32 Å². The van der Waals surface area contributed by atoms with E-state index in [1.54, 1.807) is 6.92 Å². The minimum atomic E-state index is -0.602. The fraction of sp³-hybridized carbons (Fsp3) is 0.800. The molecule has 1 rings (SSSR count). The van der Waals surface area contributed by atoms with E-state index in [4.69, 9.17) is 5.73 Å². The van der Waals surface area contributed by atoms with Crippen molar-refractivity contribution in [2.75, 3.05) is 7.11 Å². The predicted molar refractivity (Wildman–Crippen MR) is 54.9 cm³/mol. The number of carbonyl (C=O) groups excluding carboxylic acids is 2. The van der Waals surface area contributed by atoms with Gasteiger partial charge in [-0.05, 0) is 19.8 Å². The Morgan fingerprint density at radius 2 is 2.13 bits per heavy atom. The number of esters is 1. The van der Waals surface area contributed by atoms with Crippen LogP contribution >= 0.6 is 0 Å². The van der Waals surface area contributed by atoms with Crippen molar-refractivity contribution in [2.45, 2.75) is 38.3 Å². The minimum absolute atomic E-state index is 0.0742. The number of methoxy groups -OCH3 is 1. The van der Waals surface area contributed by atoms with Crippen LogP contribution < -0.4 is 11.1 Å². The van der Waals surface area contributed by atoms with Crippen LogP contribution in [0.2, 0.25) is 0 Å². The van der Waals surface area contributed by atoms with E-state index in [1.165, 1.54) is 7.11 Å². The van der Waals surface area contributed by atoms with Gasteiger partial charge in [-0.1, -0.05) is 6.42 Å². The number of nitrogens with one attached hydrogen (secondary N) is 1. The van der Waals surface area contributed by atoms with E-state index in [1.807, 2.05) is 0 Å². The Balaban J connectivity index is 2.44. The lowest BCUT2D eigenvalue weighted by atomic mass is 10.0. The monoisotopic (exact) mass is 214 g/mol. The highest BCUT2D eigenvalue weighted by atomic mass is 16.5. The molecule has 0 aromatic heterocycles. The second-order valence-corrected chi connectivity index (χ2v) is 3.95. The Morgan fingerprint density at radius 3 is 2.60 bits per heavy atom. The summed E-state index contributed by atoms with van der Waals surface area (Å²) < 4.78 is 4.52. The third-order valence-electron chi connectivity index (χ3n) is 2.82. The van der Waals surface area contributed by atoms with Crippen LogP contribution in [0.25, 0.3) is 0 Å². The molecule has 0 bridgehead atoms. The van der Waals surface area contributed by atoms with E-state index in [2.05, 4.69) is 10.1 Å². The molecule has 0 radical (unpaired) electrons. The summed E-state index contributed by atoms with van der Waals surface area (Å²) >= 11 is 0. The fourth-order valence-corrected chi connectivity index (χ4v) is 1.87. The van der Waals surface area contributed by atoms with Gasteiger partial charge in [0.05, 0.1) is 13.0 Å². The molecule has 0 spiro atoms. The van der Waals surface area contributed by atoms with Gasteiger partial charge in [-0.3, -0.25) is 4.79 Å². The Bertz CT molecular complexity index is 255. The smallest absolute Gasteiger partial charge is 0.328 e. The van der Waals surface area contributed by atoms with Crippen molar-refractivity contribution < 1.29 is 14.3 Å². The van der Waals surface area contributed by atoms with Crippen LogP contribution in [0.3, 0.4) is 0 Å². The van der Waals surface area contributed by atoms with Gasteiger partial charge in [0.15, 0.2) is 0 Å². The molecule has 3 atom stereocenters. The maximum absolute atomic E-state index is 11.7. The Kier molecular flexibility index (Phi) is 4.08. The van der Waals surface area contributed by atoms with Gasteiger partial charge in [-0.2, -0.15) is 0 Å². The number of hydrogen-bond acceptors (Lipinski definition) is 4. The van der Waals surface area contributed by atoms with Crippen LogP contribution in [-0.4, -0.2) is 31.1 Å². The van der Waals surface area contributed by atoms with Crippen molar-refractivity contribution >= 4 is 11.9 Å². The SMILES string of the molecule is COC(=O)[C@@H](C)NC(=O)C1CCCC1N. The number of ether oxygens (including phenoxy) is 1. The van der Waals surface area contributed by atoms with Crippen LogP contribution in [0.15, 0.2) is 0 Å². The lowest BCUT2D eigenvalue weighted by Gasteiger charge is -2.18. The third-order valence-corrected chi connectivity index (χ3v) is 2.82. The Morgan fingerprint density at radius 1 is 1.47 bits per heavy atom. The maximum Gasteiger partial charge on any atom is 0.328 e. The first kappa shape index (κ1) is 12.0. The summed E-state index contributed by atoms with van der Waals surface area (Å²) in [5.74, 6) is -0.732. The molecular formula is C10H18N2O3. The molecule has 1 saturated carbocycles. The molecule has 0 aliphatic heterocycles. The molecule has 5 nitrogen and oxygen atoms in total. The number of carbonyl (C=O) groups is 2. The topological polar surface area (TPSA) is 81.4 Å². The average molecular weight is 214 g/mol. The van der Waals surface area contributed by atoms with E-state index in [0.29, 0.717) is 0 Å². The standard InChI is InChI=1S/C10H18N2O3/c1-6(10(14)15-2)12-9(13)7-4-3-5-8(7)11/h6-8H,3-5,11H2,1-2H3,(H,12,13)/t6-,7?,8?/m1/s1. The number of rotatable bonds is 3. The van der Waals surface area contributed by atoms with Crippen molar-refractivity contribution in [3.8, 4) is 0 Å². The van der Waals surface area contributed by atoms with Gasteiger partial charge in [0, 0.05) is 6.04 Å². The lowest BCUT2D eigenvalue weighted by Crippen LogP contribution is -2.45. The summed E-state index contributed by atoms with van der Waals surface area (Å²) in [6, 6.07) is -0.676. The van der Waals surface area contributed by atoms with E-state index < -0.39 is 12.0 Å². The van der Waals surface area contributed by atoms with E-state index in [0.717, 1.165) is 19.3 Å². The summed E-state index contributed by atoms with van der Waals surface area (Å²) in [6.07, 6.45) is 2.66. The van der Waals surface area contributed by atoms with Gasteiger partial charge in [0.2, 0.25) is 5.91 Å². The van der Waals surface area contributed by atoms with Crippen molar-refractivity contribution in [1.29, 1.82) is 0 Å². The molecule has 0 heterocycles. The number of amides is 1. The van der Waals surface area contributed by atoms with Gasteiger partial charge in [-0.15, -0.1) is 0 Å². The highest BCUT2D eigenvalue weighted by molar-refractivity contribution is 5.85. The molecule has 0 aromatic carbocycles. The summed E-state index contributed by atoms with van der Waals surface area (Å²) in [5.41, 5.74) is 5.79. The maximum atomic E-state index is 11.7. The normalized spacial score (nSPS) is 27.1. The molecular weight excluding hydrogens is 196 g/mol. The highest BCUT2D eigenvalue weighted by Crippen LogP contribution is 2.23. The summed E-state index contributed by atoms with van der Waals surface area (Å²) in [6.45, 7) is 1.60. The van der Waals surface area contributed by atoms with Crippen LogP contribution in [0, 0.1) is 5.92 Å². The Hall–Kier alpha value is -1.10. The molecule has 15 heavy (non-hydrogen) atoms. The fourth-order valence-electron chi connectivity index (χ4n) is 1.87. The van der Waals surface area contributed by atoms with Crippen LogP contribution in [-0.2, 0) is 14.3 Å². The third kappa shape index (κ3) is 2.92. The van der Waals surface area contributed by atoms with Crippen LogP contribution in [0.1, 0.15) is 26.2 Å². The van der Waals surface area contributed by atoms with Crippen LogP contribution in [0.5, 0.6) is 0 Å². The first-order valence-corrected chi connectivity index (χ1v) is 5.20. The Labute approximate surface area is 89.3 Å². The average Bonchev–Trinajstić information content (AvgIpc) is 2.63. The van der Waals surface area contributed by atoms with Crippen molar-refractivity contribution in [3.05, 3.63) is 0 Å². The molecule has 1 amide bonds. The van der Waals surface area contributed by atoms with E-state index >= 15 is 0 Å². The largest absolute Gasteiger partial charge is 0.467 e. The predicted octanol–water partition coefficient (Wildman–Crippen LogP) is -0.208. The lowest BCUT2D eigenvalue weighted by molar-refractivity contribution is -0.145. The van der Waals surface area contributed by atoms with Crippen molar-refractivity contribution in [3.63, 3.8) is 0 Å². The van der Waals surface area contributed by atoms with E-state index in [9.17, 15) is 9.59 Å². The number of hydrogen-bond donors (Lipinski definition) is 2. The van der Waals surface area contributed by atoms with Gasteiger partial charge >= 0.3 is 5.97 Å².